The molecule has 1 aromatic rings. The molecule has 0 aromatic carbocycles. The molecule has 0 atom stereocenters. The average molecular weight is 212 g/mol. The SMILES string of the molecule is CC(=O)NCCNCCc1cccs1. The molecule has 0 spiro atoms. The lowest BCUT2D eigenvalue weighted by atomic mass is 10.3. The van der Waals surface area contributed by atoms with Crippen molar-refractivity contribution in [1.82, 2.24) is 10.6 Å². The first-order valence-electron chi connectivity index (χ1n) is 4.76. The summed E-state index contributed by atoms with van der Waals surface area (Å²) in [6.07, 6.45) is 1.07. The second-order valence-electron chi connectivity index (χ2n) is 3.06. The molecular weight excluding hydrogens is 196 g/mol. The van der Waals surface area contributed by atoms with Crippen LogP contribution in [0.25, 0.3) is 0 Å². The number of carbonyl (C=O) groups is 1. The van der Waals surface area contributed by atoms with E-state index in [1.165, 1.54) is 11.8 Å². The topological polar surface area (TPSA) is 41.1 Å². The predicted octanol–water partition coefficient (Wildman–Crippen LogP) is 1.02. The Morgan fingerprint density at radius 2 is 2.29 bits per heavy atom. The Morgan fingerprint density at radius 1 is 1.43 bits per heavy atom. The van der Waals surface area contributed by atoms with E-state index in [0.717, 1.165) is 19.5 Å². The summed E-state index contributed by atoms with van der Waals surface area (Å²) in [5.41, 5.74) is 0. The first kappa shape index (κ1) is 11.2. The molecule has 0 saturated heterocycles. The normalized spacial score (nSPS) is 10.1. The zero-order chi connectivity index (χ0) is 10.2. The van der Waals surface area contributed by atoms with Crippen molar-refractivity contribution in [3.63, 3.8) is 0 Å². The van der Waals surface area contributed by atoms with E-state index in [0.29, 0.717) is 6.54 Å². The van der Waals surface area contributed by atoms with Crippen molar-refractivity contribution >= 4 is 17.2 Å². The van der Waals surface area contributed by atoms with Gasteiger partial charge in [0.1, 0.15) is 0 Å². The Bertz CT molecular complexity index is 259. The maximum atomic E-state index is 10.5. The number of thiophene rings is 1. The maximum absolute atomic E-state index is 10.5. The maximum Gasteiger partial charge on any atom is 0.216 e. The van der Waals surface area contributed by atoms with Gasteiger partial charge in [0.15, 0.2) is 0 Å². The lowest BCUT2D eigenvalue weighted by molar-refractivity contribution is -0.118. The summed E-state index contributed by atoms with van der Waals surface area (Å²) >= 11 is 1.78. The second-order valence-corrected chi connectivity index (χ2v) is 4.09. The highest BCUT2D eigenvalue weighted by Gasteiger charge is 1.93. The molecule has 0 fully saturated rings. The van der Waals surface area contributed by atoms with Gasteiger partial charge < -0.3 is 10.6 Å². The molecule has 1 rings (SSSR count). The Kier molecular flexibility index (Phi) is 5.25. The smallest absolute Gasteiger partial charge is 0.216 e. The van der Waals surface area contributed by atoms with Gasteiger partial charge in [0.05, 0.1) is 0 Å². The molecule has 0 aliphatic rings. The van der Waals surface area contributed by atoms with Crippen LogP contribution in [0.15, 0.2) is 17.5 Å². The lowest BCUT2D eigenvalue weighted by Crippen LogP contribution is -2.31. The fourth-order valence-corrected chi connectivity index (χ4v) is 1.83. The van der Waals surface area contributed by atoms with E-state index in [-0.39, 0.29) is 5.91 Å². The molecule has 1 amide bonds. The molecule has 0 radical (unpaired) electrons. The molecule has 78 valence electrons. The fourth-order valence-electron chi connectivity index (χ4n) is 1.12. The molecule has 1 aromatic heterocycles. The van der Waals surface area contributed by atoms with E-state index >= 15 is 0 Å². The van der Waals surface area contributed by atoms with Crippen LogP contribution >= 0.6 is 11.3 Å². The van der Waals surface area contributed by atoms with Crippen LogP contribution in [-0.2, 0) is 11.2 Å². The van der Waals surface area contributed by atoms with Crippen molar-refractivity contribution < 1.29 is 4.79 Å². The van der Waals surface area contributed by atoms with Crippen molar-refractivity contribution in [2.75, 3.05) is 19.6 Å². The zero-order valence-electron chi connectivity index (χ0n) is 8.38. The van der Waals surface area contributed by atoms with Gasteiger partial charge in [-0.25, -0.2) is 0 Å². The van der Waals surface area contributed by atoms with Crippen LogP contribution in [0.5, 0.6) is 0 Å². The van der Waals surface area contributed by atoms with E-state index < -0.39 is 0 Å². The third kappa shape index (κ3) is 4.99. The standard InChI is InChI=1S/C10H16N2OS/c1-9(13)12-7-6-11-5-4-10-3-2-8-14-10/h2-3,8,11H,4-7H2,1H3,(H,12,13). The summed E-state index contributed by atoms with van der Waals surface area (Å²) in [6.45, 7) is 4.05. The van der Waals surface area contributed by atoms with E-state index in [2.05, 4.69) is 28.1 Å². The van der Waals surface area contributed by atoms with E-state index in [9.17, 15) is 4.79 Å². The second kappa shape index (κ2) is 6.56. The predicted molar refractivity (Wildman–Crippen MR) is 59.6 cm³/mol. The summed E-state index contributed by atoms with van der Waals surface area (Å²) in [4.78, 5) is 11.9. The highest BCUT2D eigenvalue weighted by Crippen LogP contribution is 2.07. The molecular formula is C10H16N2OS. The van der Waals surface area contributed by atoms with Gasteiger partial charge in [0.25, 0.3) is 0 Å². The molecule has 4 heteroatoms. The number of hydrogen-bond donors (Lipinski definition) is 2. The van der Waals surface area contributed by atoms with Crippen molar-refractivity contribution in [2.45, 2.75) is 13.3 Å². The third-order valence-electron chi connectivity index (χ3n) is 1.80. The van der Waals surface area contributed by atoms with Crippen LogP contribution in [-0.4, -0.2) is 25.5 Å². The van der Waals surface area contributed by atoms with Gasteiger partial charge in [-0.15, -0.1) is 11.3 Å². The van der Waals surface area contributed by atoms with Crippen LogP contribution in [0, 0.1) is 0 Å². The van der Waals surface area contributed by atoms with Gasteiger partial charge >= 0.3 is 0 Å². The molecule has 0 saturated carbocycles. The van der Waals surface area contributed by atoms with Gasteiger partial charge in [-0.2, -0.15) is 0 Å². The minimum absolute atomic E-state index is 0.0325. The van der Waals surface area contributed by atoms with Crippen LogP contribution in [0.3, 0.4) is 0 Å². The van der Waals surface area contributed by atoms with E-state index in [4.69, 9.17) is 0 Å². The number of carbonyl (C=O) groups excluding carboxylic acids is 1. The molecule has 0 aliphatic carbocycles. The van der Waals surface area contributed by atoms with Crippen molar-refractivity contribution in [3.8, 4) is 0 Å². The molecule has 2 N–H and O–H groups in total. The largest absolute Gasteiger partial charge is 0.355 e. The summed E-state index contributed by atoms with van der Waals surface area (Å²) in [5.74, 6) is 0.0325. The third-order valence-corrected chi connectivity index (χ3v) is 2.74. The summed E-state index contributed by atoms with van der Waals surface area (Å²) in [6, 6.07) is 4.21. The Hall–Kier alpha value is -0.870. The van der Waals surface area contributed by atoms with Crippen LogP contribution in [0.4, 0.5) is 0 Å². The zero-order valence-corrected chi connectivity index (χ0v) is 9.19. The number of rotatable bonds is 6. The fraction of sp³-hybridized carbons (Fsp3) is 0.500. The van der Waals surface area contributed by atoms with Gasteiger partial charge in [0.2, 0.25) is 5.91 Å². The van der Waals surface area contributed by atoms with Gasteiger partial charge in [0, 0.05) is 31.4 Å². The minimum atomic E-state index is 0.0325. The summed E-state index contributed by atoms with van der Waals surface area (Å²) in [5, 5.41) is 8.10. The highest BCUT2D eigenvalue weighted by atomic mass is 32.1. The molecule has 14 heavy (non-hydrogen) atoms. The van der Waals surface area contributed by atoms with E-state index in [1.54, 1.807) is 11.3 Å². The Morgan fingerprint density at radius 3 is 2.93 bits per heavy atom. The van der Waals surface area contributed by atoms with Gasteiger partial charge in [-0.05, 0) is 17.9 Å². The lowest BCUT2D eigenvalue weighted by Gasteiger charge is -2.03. The van der Waals surface area contributed by atoms with E-state index in [1.807, 2.05) is 0 Å². The Labute approximate surface area is 88.5 Å². The summed E-state index contributed by atoms with van der Waals surface area (Å²) < 4.78 is 0. The number of amides is 1. The highest BCUT2D eigenvalue weighted by molar-refractivity contribution is 7.09. The quantitative estimate of drug-likeness (QED) is 0.691. The molecule has 3 nitrogen and oxygen atoms in total. The van der Waals surface area contributed by atoms with Crippen LogP contribution in [0.1, 0.15) is 11.8 Å². The van der Waals surface area contributed by atoms with Crippen molar-refractivity contribution in [3.05, 3.63) is 22.4 Å². The number of hydrogen-bond acceptors (Lipinski definition) is 3. The van der Waals surface area contributed by atoms with Crippen molar-refractivity contribution in [1.29, 1.82) is 0 Å². The first-order valence-corrected chi connectivity index (χ1v) is 5.64. The van der Waals surface area contributed by atoms with Gasteiger partial charge in [-0.3, -0.25) is 4.79 Å². The Balaban J connectivity index is 1.92. The molecule has 0 bridgehead atoms. The molecule has 0 unspecified atom stereocenters. The first-order chi connectivity index (χ1) is 6.79. The minimum Gasteiger partial charge on any atom is -0.355 e. The van der Waals surface area contributed by atoms with Crippen LogP contribution in [0.2, 0.25) is 0 Å². The average Bonchev–Trinajstić information content (AvgIpc) is 2.63. The number of nitrogens with one attached hydrogen (secondary N) is 2. The molecule has 1 heterocycles. The van der Waals surface area contributed by atoms with Gasteiger partial charge in [-0.1, -0.05) is 6.07 Å². The summed E-state index contributed by atoms with van der Waals surface area (Å²) in [7, 11) is 0. The molecule has 0 aliphatic heterocycles. The van der Waals surface area contributed by atoms with Crippen LogP contribution < -0.4 is 10.6 Å². The van der Waals surface area contributed by atoms with Crippen molar-refractivity contribution in [2.24, 2.45) is 0 Å². The monoisotopic (exact) mass is 212 g/mol.